The molecule has 5 nitrogen and oxygen atoms in total. The van der Waals surface area contributed by atoms with Gasteiger partial charge >= 0.3 is 0 Å². The molecule has 7 aromatic rings. The van der Waals surface area contributed by atoms with Gasteiger partial charge in [-0.2, -0.15) is 4.37 Å². The third kappa shape index (κ3) is 14.8. The highest BCUT2D eigenvalue weighted by Crippen LogP contribution is 2.29. The fraction of sp³-hybridized carbons (Fsp3) is 0.420. The summed E-state index contributed by atoms with van der Waals surface area (Å²) in [6.07, 6.45) is 1.05. The summed E-state index contributed by atoms with van der Waals surface area (Å²) in [5, 5.41) is 2.62. The van der Waals surface area contributed by atoms with Gasteiger partial charge < -0.3 is 9.40 Å². The smallest absolute Gasteiger partial charge is 0.198 e. The van der Waals surface area contributed by atoms with Crippen LogP contribution >= 0.6 is 11.5 Å². The third-order valence-electron chi connectivity index (χ3n) is 8.22. The fourth-order valence-electron chi connectivity index (χ4n) is 5.36. The molecule has 4 heterocycles. The molecule has 0 bridgehead atoms. The Kier molecular flexibility index (Phi) is 24.0. The number of benzene rings is 4. The van der Waals surface area contributed by atoms with Crippen molar-refractivity contribution < 1.29 is 4.42 Å². The van der Waals surface area contributed by atoms with E-state index in [1.807, 2.05) is 85.7 Å². The Balaban J connectivity index is 0.000000352. The van der Waals surface area contributed by atoms with Crippen LogP contribution in [0.15, 0.2) is 113 Å². The second kappa shape index (κ2) is 27.1. The molecule has 1 aliphatic rings. The molecule has 0 atom stereocenters. The Labute approximate surface area is 344 Å². The van der Waals surface area contributed by atoms with Crippen molar-refractivity contribution in [3.63, 3.8) is 0 Å². The Morgan fingerprint density at radius 3 is 1.79 bits per heavy atom. The average molecular weight is 777 g/mol. The minimum Gasteiger partial charge on any atom is -0.440 e. The lowest BCUT2D eigenvalue weighted by Gasteiger charge is -2.01. The van der Waals surface area contributed by atoms with Crippen LogP contribution < -0.4 is 0 Å². The van der Waals surface area contributed by atoms with Crippen LogP contribution in [0.25, 0.3) is 32.1 Å². The maximum Gasteiger partial charge on any atom is 0.198 e. The highest BCUT2D eigenvalue weighted by Gasteiger charge is 2.15. The van der Waals surface area contributed by atoms with Crippen LogP contribution in [0.5, 0.6) is 0 Å². The van der Waals surface area contributed by atoms with Crippen molar-refractivity contribution >= 4 is 55.0 Å². The normalized spacial score (nSPS) is 10.8. The molecular weight excluding hydrogens is 705 g/mol. The van der Waals surface area contributed by atoms with Gasteiger partial charge in [0.15, 0.2) is 11.5 Å². The summed E-state index contributed by atoms with van der Waals surface area (Å²) < 4.78 is 11.2. The van der Waals surface area contributed by atoms with Crippen molar-refractivity contribution in [3.8, 4) is 0 Å². The zero-order valence-corrected chi connectivity index (χ0v) is 38.3. The molecule has 1 aliphatic heterocycles. The number of nitrogens with zero attached hydrogens (tertiary/aromatic N) is 3. The lowest BCUT2D eigenvalue weighted by Crippen LogP contribution is -2.06. The number of aliphatic imine (C=N–C) groups is 1. The summed E-state index contributed by atoms with van der Waals surface area (Å²) in [5.41, 5.74) is 9.47. The van der Waals surface area contributed by atoms with Crippen molar-refractivity contribution in [2.75, 3.05) is 0 Å². The highest BCUT2D eigenvalue weighted by molar-refractivity contribution is 7.13. The van der Waals surface area contributed by atoms with Crippen LogP contribution in [0.1, 0.15) is 151 Å². The van der Waals surface area contributed by atoms with Crippen LogP contribution in [-0.2, 0) is 6.42 Å². The van der Waals surface area contributed by atoms with Gasteiger partial charge in [0, 0.05) is 34.6 Å². The number of oxazole rings is 1. The predicted molar refractivity (Wildman–Crippen MR) is 252 cm³/mol. The van der Waals surface area contributed by atoms with Crippen molar-refractivity contribution in [2.24, 2.45) is 10.9 Å². The van der Waals surface area contributed by atoms with E-state index in [2.05, 4.69) is 148 Å². The maximum absolute atomic E-state index is 5.52. The summed E-state index contributed by atoms with van der Waals surface area (Å²) in [6.45, 7) is 33.3. The minimum absolute atomic E-state index is 0.359. The summed E-state index contributed by atoms with van der Waals surface area (Å²) in [5.74, 6) is 2.87. The number of aromatic amines is 1. The molecule has 0 fully saturated rings. The van der Waals surface area contributed by atoms with Gasteiger partial charge in [0.2, 0.25) is 0 Å². The second-order valence-corrected chi connectivity index (χ2v) is 14.2. The molecule has 1 N–H and O–H groups in total. The van der Waals surface area contributed by atoms with E-state index in [1.54, 1.807) is 11.5 Å². The van der Waals surface area contributed by atoms with Crippen LogP contribution in [-0.4, -0.2) is 20.1 Å². The molecule has 0 radical (unpaired) electrons. The molecule has 0 amide bonds. The zero-order valence-electron chi connectivity index (χ0n) is 37.5. The van der Waals surface area contributed by atoms with E-state index in [4.69, 9.17) is 4.42 Å². The van der Waals surface area contributed by atoms with E-state index in [1.165, 1.54) is 49.3 Å². The number of nitrogens with one attached hydrogen (secondary N) is 1. The number of rotatable bonds is 4. The fourth-order valence-corrected chi connectivity index (χ4v) is 6.27. The van der Waals surface area contributed by atoms with Gasteiger partial charge in [-0.1, -0.05) is 178 Å². The molecule has 4 aromatic carbocycles. The summed E-state index contributed by atoms with van der Waals surface area (Å²) in [6, 6.07) is 35.2. The average Bonchev–Trinajstić information content (AvgIpc) is 4.06. The van der Waals surface area contributed by atoms with Crippen molar-refractivity contribution in [2.45, 2.75) is 135 Å². The van der Waals surface area contributed by atoms with Gasteiger partial charge in [0.25, 0.3) is 0 Å². The number of hydrogen-bond acceptors (Lipinski definition) is 5. The van der Waals surface area contributed by atoms with Crippen LogP contribution in [0.4, 0.5) is 5.69 Å². The number of aromatic nitrogens is 3. The first kappa shape index (κ1) is 49.5. The zero-order chi connectivity index (χ0) is 42.2. The Hall–Kier alpha value is -4.55. The van der Waals surface area contributed by atoms with Crippen molar-refractivity contribution in [3.05, 3.63) is 126 Å². The van der Waals surface area contributed by atoms with Crippen LogP contribution in [0.3, 0.4) is 0 Å². The first-order valence-electron chi connectivity index (χ1n) is 21.0. The SMILES string of the molecule is CC.CC.CC.CC.CC(C)C1=Nc2ccccc2C1.CC(C)c1cc2ccccc2[nH]1.CC(C)c1nc2ccccc2o1.CC(C)c1nsc2ccccc12. The van der Waals surface area contributed by atoms with E-state index < -0.39 is 0 Å². The van der Waals surface area contributed by atoms with E-state index in [9.17, 15) is 0 Å². The standard InChI is InChI=1S/2C11H13N.C10H11NO.C10H11NS.4C2H6/c2*1-8(2)11-7-9-5-3-4-6-10(9)12-11;1-7(2)10-11-8-5-3-4-6-9(8)12-10;1-7(2)10-8-5-3-4-6-9(8)12-11-10;4*1-2/h3-6,8H,7H2,1-2H3;3-8,12H,1-2H3;2*3-7H,1-2H3;4*1-2H3. The predicted octanol–water partition coefficient (Wildman–Crippen LogP) is 16.7. The quantitative estimate of drug-likeness (QED) is 0.194. The highest BCUT2D eigenvalue weighted by atomic mass is 32.1. The summed E-state index contributed by atoms with van der Waals surface area (Å²) in [4.78, 5) is 12.3. The number of H-pyrrole nitrogens is 1. The lowest BCUT2D eigenvalue weighted by molar-refractivity contribution is 0.501. The molecule has 8 rings (SSSR count). The van der Waals surface area contributed by atoms with Gasteiger partial charge in [0.05, 0.1) is 16.1 Å². The molecule has 0 saturated carbocycles. The molecule has 3 aromatic heterocycles. The molecule has 304 valence electrons. The minimum atomic E-state index is 0.359. The summed E-state index contributed by atoms with van der Waals surface area (Å²) in [7, 11) is 0. The van der Waals surface area contributed by atoms with Gasteiger partial charge in [-0.05, 0) is 76.6 Å². The number of fused-ring (bicyclic) bond motifs is 4. The van der Waals surface area contributed by atoms with Crippen LogP contribution in [0, 0.1) is 5.92 Å². The number of hydrogen-bond donors (Lipinski definition) is 1. The van der Waals surface area contributed by atoms with E-state index >= 15 is 0 Å². The maximum atomic E-state index is 5.52. The summed E-state index contributed by atoms with van der Waals surface area (Å²) >= 11 is 1.59. The van der Waals surface area contributed by atoms with Gasteiger partial charge in [-0.3, -0.25) is 4.99 Å². The van der Waals surface area contributed by atoms with Gasteiger partial charge in [-0.25, -0.2) is 4.98 Å². The van der Waals surface area contributed by atoms with Gasteiger partial charge in [0.1, 0.15) is 5.52 Å². The molecule has 0 saturated heterocycles. The van der Waals surface area contributed by atoms with E-state index in [0.717, 1.165) is 23.4 Å². The van der Waals surface area contributed by atoms with Crippen molar-refractivity contribution in [1.82, 2.24) is 14.3 Å². The largest absolute Gasteiger partial charge is 0.440 e. The van der Waals surface area contributed by atoms with Crippen molar-refractivity contribution in [1.29, 1.82) is 0 Å². The lowest BCUT2D eigenvalue weighted by atomic mass is 10.0. The number of para-hydroxylation sites is 4. The Bertz CT molecular complexity index is 1940. The molecule has 6 heteroatoms. The van der Waals surface area contributed by atoms with Crippen LogP contribution in [0.2, 0.25) is 0 Å². The molecule has 0 unspecified atom stereocenters. The molecule has 0 aliphatic carbocycles. The first-order valence-corrected chi connectivity index (χ1v) is 21.8. The topological polar surface area (TPSA) is 67.1 Å². The second-order valence-electron chi connectivity index (χ2n) is 13.4. The third-order valence-corrected chi connectivity index (χ3v) is 9.06. The molecular formula is C50H72N4OS. The molecule has 56 heavy (non-hydrogen) atoms. The van der Waals surface area contributed by atoms with E-state index in [0.29, 0.717) is 23.7 Å². The first-order chi connectivity index (χ1) is 27.1. The Morgan fingerprint density at radius 1 is 0.607 bits per heavy atom. The Morgan fingerprint density at radius 2 is 1.20 bits per heavy atom. The monoisotopic (exact) mass is 777 g/mol. The van der Waals surface area contributed by atoms with Gasteiger partial charge in [-0.15, -0.1) is 0 Å². The molecule has 0 spiro atoms. The van der Waals surface area contributed by atoms with E-state index in [-0.39, 0.29) is 0 Å².